The summed E-state index contributed by atoms with van der Waals surface area (Å²) < 4.78 is 10.7. The van der Waals surface area contributed by atoms with Crippen LogP contribution in [-0.2, 0) is 4.74 Å². The number of rotatable bonds is 7. The van der Waals surface area contributed by atoms with Gasteiger partial charge in [0.15, 0.2) is 0 Å². The van der Waals surface area contributed by atoms with Crippen molar-refractivity contribution in [1.29, 1.82) is 0 Å². The van der Waals surface area contributed by atoms with E-state index in [9.17, 15) is 0 Å². The Balaban J connectivity index is 2.56. The van der Waals surface area contributed by atoms with Crippen LogP contribution < -0.4 is 10.6 Å². The Morgan fingerprint density at radius 3 is 2.69 bits per heavy atom. The lowest BCUT2D eigenvalue weighted by atomic mass is 10.4. The van der Waals surface area contributed by atoms with Crippen LogP contribution in [0, 0.1) is 0 Å². The monoisotopic (exact) mass is 228 g/mol. The number of aromatic nitrogens is 2. The molecule has 0 aliphatic heterocycles. The van der Waals surface area contributed by atoms with Gasteiger partial charge >= 0.3 is 6.01 Å². The Labute approximate surface area is 95.8 Å². The minimum absolute atomic E-state index is 0.230. The number of ether oxygens (including phenoxy) is 1. The Morgan fingerprint density at radius 1 is 1.44 bits per heavy atom. The molecule has 0 saturated carbocycles. The summed E-state index contributed by atoms with van der Waals surface area (Å²) in [5.41, 5.74) is 5.65. The van der Waals surface area contributed by atoms with Crippen LogP contribution in [0.1, 0.15) is 32.7 Å². The topological polar surface area (TPSA) is 77.4 Å². The fourth-order valence-corrected chi connectivity index (χ4v) is 1.25. The highest BCUT2D eigenvalue weighted by molar-refractivity contribution is 5.23. The first-order valence-corrected chi connectivity index (χ1v) is 5.60. The average Bonchev–Trinajstić information content (AvgIpc) is 2.74. The van der Waals surface area contributed by atoms with E-state index in [2.05, 4.69) is 10.2 Å². The first kappa shape index (κ1) is 12.9. The molecule has 0 aliphatic carbocycles. The highest BCUT2D eigenvalue weighted by Crippen LogP contribution is 2.15. The van der Waals surface area contributed by atoms with Crippen LogP contribution in [0.3, 0.4) is 0 Å². The molecule has 1 heterocycles. The molecule has 0 spiro atoms. The molecule has 2 N–H and O–H groups in total. The van der Waals surface area contributed by atoms with Crippen molar-refractivity contribution in [2.24, 2.45) is 5.73 Å². The number of likely N-dealkylation sites (N-methyl/N-ethyl adjacent to an activating group) is 1. The van der Waals surface area contributed by atoms with Gasteiger partial charge in [-0.1, -0.05) is 5.10 Å². The molecule has 0 radical (unpaired) electrons. The summed E-state index contributed by atoms with van der Waals surface area (Å²) in [6.45, 7) is 8.72. The second-order valence-corrected chi connectivity index (χ2v) is 3.49. The van der Waals surface area contributed by atoms with E-state index in [1.54, 1.807) is 0 Å². The predicted octanol–water partition coefficient (Wildman–Crippen LogP) is 0.952. The van der Waals surface area contributed by atoms with Crippen LogP contribution in [0.15, 0.2) is 4.42 Å². The van der Waals surface area contributed by atoms with E-state index >= 15 is 0 Å². The summed E-state index contributed by atoms with van der Waals surface area (Å²) in [4.78, 5) is 1.97. The second kappa shape index (κ2) is 6.44. The van der Waals surface area contributed by atoms with Crippen LogP contribution in [0.2, 0.25) is 0 Å². The summed E-state index contributed by atoms with van der Waals surface area (Å²) in [5, 5.41) is 7.85. The maximum Gasteiger partial charge on any atom is 0.318 e. The fraction of sp³-hybridized carbons (Fsp3) is 0.800. The van der Waals surface area contributed by atoms with Gasteiger partial charge in [0.1, 0.15) is 0 Å². The van der Waals surface area contributed by atoms with Gasteiger partial charge in [-0.05, 0) is 20.8 Å². The van der Waals surface area contributed by atoms with Crippen LogP contribution in [0.5, 0.6) is 0 Å². The Bertz CT molecular complexity index is 301. The zero-order valence-electron chi connectivity index (χ0n) is 10.1. The van der Waals surface area contributed by atoms with E-state index in [1.807, 2.05) is 25.7 Å². The zero-order valence-corrected chi connectivity index (χ0v) is 10.1. The third-order valence-corrected chi connectivity index (χ3v) is 2.18. The quantitative estimate of drug-likeness (QED) is 0.700. The first-order valence-electron chi connectivity index (χ1n) is 5.60. The SMILES string of the molecule is CCOCCN(CC)c1nnc(C(C)N)o1. The number of anilines is 1. The highest BCUT2D eigenvalue weighted by atomic mass is 16.5. The maximum absolute atomic E-state index is 5.65. The van der Waals surface area contributed by atoms with E-state index < -0.39 is 0 Å². The van der Waals surface area contributed by atoms with Gasteiger partial charge in [-0.2, -0.15) is 0 Å². The molecular weight excluding hydrogens is 208 g/mol. The van der Waals surface area contributed by atoms with Crippen molar-refractivity contribution in [2.75, 3.05) is 31.2 Å². The molecule has 1 atom stereocenters. The molecule has 1 aromatic rings. The molecule has 1 aromatic heterocycles. The summed E-state index contributed by atoms with van der Waals surface area (Å²) >= 11 is 0. The van der Waals surface area contributed by atoms with Gasteiger partial charge in [0.25, 0.3) is 0 Å². The minimum Gasteiger partial charge on any atom is -0.406 e. The lowest BCUT2D eigenvalue weighted by Gasteiger charge is -2.17. The van der Waals surface area contributed by atoms with Crippen LogP contribution in [0.25, 0.3) is 0 Å². The van der Waals surface area contributed by atoms with Gasteiger partial charge in [0.05, 0.1) is 12.6 Å². The van der Waals surface area contributed by atoms with Crippen molar-refractivity contribution in [2.45, 2.75) is 26.8 Å². The lowest BCUT2D eigenvalue weighted by Crippen LogP contribution is -2.27. The van der Waals surface area contributed by atoms with E-state index in [-0.39, 0.29) is 6.04 Å². The smallest absolute Gasteiger partial charge is 0.318 e. The minimum atomic E-state index is -0.230. The van der Waals surface area contributed by atoms with Gasteiger partial charge in [-0.25, -0.2) is 0 Å². The van der Waals surface area contributed by atoms with Crippen molar-refractivity contribution in [3.63, 3.8) is 0 Å². The predicted molar refractivity (Wildman–Crippen MR) is 61.3 cm³/mol. The van der Waals surface area contributed by atoms with Gasteiger partial charge in [-0.3, -0.25) is 0 Å². The first-order chi connectivity index (χ1) is 7.69. The second-order valence-electron chi connectivity index (χ2n) is 3.49. The largest absolute Gasteiger partial charge is 0.406 e. The van der Waals surface area contributed by atoms with Gasteiger partial charge in [0.2, 0.25) is 5.89 Å². The van der Waals surface area contributed by atoms with Crippen molar-refractivity contribution in [3.05, 3.63) is 5.89 Å². The molecule has 0 aliphatic rings. The van der Waals surface area contributed by atoms with Crippen molar-refractivity contribution < 1.29 is 9.15 Å². The number of hydrogen-bond acceptors (Lipinski definition) is 6. The molecular formula is C10H20N4O2. The molecule has 0 amide bonds. The zero-order chi connectivity index (χ0) is 12.0. The third kappa shape index (κ3) is 3.46. The fourth-order valence-electron chi connectivity index (χ4n) is 1.25. The molecule has 6 heteroatoms. The molecule has 1 rings (SSSR count). The molecule has 92 valence electrons. The summed E-state index contributed by atoms with van der Waals surface area (Å²) in [6, 6.07) is 0.279. The standard InChI is InChI=1S/C10H20N4O2/c1-4-14(6-7-15-5-2)10-13-12-9(16-10)8(3)11/h8H,4-7,11H2,1-3H3. The maximum atomic E-state index is 5.65. The van der Waals surface area contributed by atoms with Crippen molar-refractivity contribution in [1.82, 2.24) is 10.2 Å². The number of hydrogen-bond donors (Lipinski definition) is 1. The van der Waals surface area contributed by atoms with Gasteiger partial charge in [-0.15, -0.1) is 5.10 Å². The van der Waals surface area contributed by atoms with E-state index in [0.717, 1.165) is 13.1 Å². The van der Waals surface area contributed by atoms with Crippen molar-refractivity contribution >= 4 is 6.01 Å². The Kier molecular flexibility index (Phi) is 5.21. The molecule has 0 bridgehead atoms. The Morgan fingerprint density at radius 2 is 2.19 bits per heavy atom. The molecule has 0 saturated heterocycles. The molecule has 6 nitrogen and oxygen atoms in total. The van der Waals surface area contributed by atoms with E-state index in [1.165, 1.54) is 0 Å². The Hall–Kier alpha value is -1.14. The van der Waals surface area contributed by atoms with Gasteiger partial charge < -0.3 is 19.8 Å². The van der Waals surface area contributed by atoms with E-state index in [4.69, 9.17) is 14.9 Å². The third-order valence-electron chi connectivity index (χ3n) is 2.18. The van der Waals surface area contributed by atoms with Crippen LogP contribution in [-0.4, -0.2) is 36.5 Å². The van der Waals surface area contributed by atoms with Crippen LogP contribution >= 0.6 is 0 Å². The van der Waals surface area contributed by atoms with Gasteiger partial charge in [0, 0.05) is 19.7 Å². The summed E-state index contributed by atoms with van der Waals surface area (Å²) in [6.07, 6.45) is 0. The molecule has 0 fully saturated rings. The lowest BCUT2D eigenvalue weighted by molar-refractivity contribution is 0.153. The number of nitrogens with two attached hydrogens (primary N) is 1. The highest BCUT2D eigenvalue weighted by Gasteiger charge is 2.14. The molecule has 1 unspecified atom stereocenters. The molecule has 16 heavy (non-hydrogen) atoms. The van der Waals surface area contributed by atoms with Crippen molar-refractivity contribution in [3.8, 4) is 0 Å². The number of nitrogens with zero attached hydrogens (tertiary/aromatic N) is 3. The average molecular weight is 228 g/mol. The van der Waals surface area contributed by atoms with E-state index in [0.29, 0.717) is 25.1 Å². The van der Waals surface area contributed by atoms with Crippen LogP contribution in [0.4, 0.5) is 6.01 Å². The summed E-state index contributed by atoms with van der Waals surface area (Å²) in [5.74, 6) is 0.463. The normalized spacial score (nSPS) is 12.8. The molecule has 0 aromatic carbocycles. The summed E-state index contributed by atoms with van der Waals surface area (Å²) in [7, 11) is 0.